The van der Waals surface area contributed by atoms with Crippen molar-refractivity contribution in [3.63, 3.8) is 0 Å². The van der Waals surface area contributed by atoms with Gasteiger partial charge in [0, 0.05) is 15.1 Å². The third-order valence-electron chi connectivity index (χ3n) is 3.27. The highest BCUT2D eigenvalue weighted by Gasteiger charge is 2.20. The van der Waals surface area contributed by atoms with Crippen molar-refractivity contribution < 1.29 is 18.6 Å². The largest absolute Gasteiger partial charge is 0.494 e. The summed E-state index contributed by atoms with van der Waals surface area (Å²) in [4.78, 5) is 0.558. The van der Waals surface area contributed by atoms with Gasteiger partial charge in [0.05, 0.1) is 7.11 Å². The third kappa shape index (κ3) is 2.50. The monoisotopic (exact) mass is 306 g/mol. The molecule has 0 saturated heterocycles. The van der Waals surface area contributed by atoms with E-state index in [9.17, 15) is 13.9 Å². The fraction of sp³-hybridized carbons (Fsp3) is 0.125. The number of aliphatic hydroxyl groups excluding tert-OH is 1. The molecule has 0 aliphatic heterocycles. The Hall–Kier alpha value is -1.98. The van der Waals surface area contributed by atoms with E-state index in [-0.39, 0.29) is 17.1 Å². The van der Waals surface area contributed by atoms with E-state index in [4.69, 9.17) is 4.74 Å². The molecule has 1 unspecified atom stereocenters. The Morgan fingerprint density at radius 3 is 2.71 bits per heavy atom. The van der Waals surface area contributed by atoms with Crippen LogP contribution in [0.2, 0.25) is 0 Å². The van der Waals surface area contributed by atoms with Crippen molar-refractivity contribution in [2.24, 2.45) is 0 Å². The Bertz CT molecular complexity index is 798. The highest BCUT2D eigenvalue weighted by molar-refractivity contribution is 7.19. The van der Waals surface area contributed by atoms with Gasteiger partial charge >= 0.3 is 0 Å². The molecule has 5 heteroatoms. The third-order valence-corrected chi connectivity index (χ3v) is 4.44. The van der Waals surface area contributed by atoms with Gasteiger partial charge in [0.2, 0.25) is 0 Å². The van der Waals surface area contributed by atoms with E-state index in [0.29, 0.717) is 10.3 Å². The Balaban J connectivity index is 2.06. The molecule has 0 aliphatic rings. The van der Waals surface area contributed by atoms with Gasteiger partial charge in [0.15, 0.2) is 11.6 Å². The Kier molecular flexibility index (Phi) is 3.61. The van der Waals surface area contributed by atoms with Gasteiger partial charge in [-0.1, -0.05) is 12.1 Å². The van der Waals surface area contributed by atoms with Crippen LogP contribution in [0.5, 0.6) is 5.75 Å². The lowest BCUT2D eigenvalue weighted by Gasteiger charge is -2.12. The number of rotatable bonds is 3. The lowest BCUT2D eigenvalue weighted by molar-refractivity contribution is 0.217. The standard InChI is InChI=1S/C16H12F2O2S/c1-20-12-4-2-3-11(15(12)18)16(19)14-8-9-7-10(17)5-6-13(9)21-14/h2-8,16,19H,1H3. The van der Waals surface area contributed by atoms with E-state index in [1.54, 1.807) is 18.2 Å². The van der Waals surface area contributed by atoms with Crippen LogP contribution in [0, 0.1) is 11.6 Å². The molecular formula is C16H12F2O2S. The summed E-state index contributed by atoms with van der Waals surface area (Å²) in [5.74, 6) is -0.844. The summed E-state index contributed by atoms with van der Waals surface area (Å²) in [7, 11) is 1.37. The van der Waals surface area contributed by atoms with Crippen molar-refractivity contribution in [3.8, 4) is 5.75 Å². The number of ether oxygens (including phenoxy) is 1. The Morgan fingerprint density at radius 1 is 1.14 bits per heavy atom. The van der Waals surface area contributed by atoms with Gasteiger partial charge in [-0.3, -0.25) is 0 Å². The molecular weight excluding hydrogens is 294 g/mol. The predicted octanol–water partition coefficient (Wildman–Crippen LogP) is 4.27. The minimum Gasteiger partial charge on any atom is -0.494 e. The van der Waals surface area contributed by atoms with E-state index in [1.165, 1.54) is 42.7 Å². The minimum atomic E-state index is -1.11. The number of benzene rings is 2. The van der Waals surface area contributed by atoms with Gasteiger partial charge in [-0.05, 0) is 35.7 Å². The van der Waals surface area contributed by atoms with Gasteiger partial charge in [0.25, 0.3) is 0 Å². The number of hydrogen-bond donors (Lipinski definition) is 1. The maximum atomic E-state index is 14.2. The Labute approximate surface area is 124 Å². The van der Waals surface area contributed by atoms with E-state index >= 15 is 0 Å². The molecule has 1 aromatic heterocycles. The van der Waals surface area contributed by atoms with Crippen LogP contribution in [-0.4, -0.2) is 12.2 Å². The van der Waals surface area contributed by atoms with Crippen LogP contribution < -0.4 is 4.74 Å². The number of thiophene rings is 1. The Morgan fingerprint density at radius 2 is 1.95 bits per heavy atom. The van der Waals surface area contributed by atoms with Crippen LogP contribution in [0.1, 0.15) is 16.5 Å². The van der Waals surface area contributed by atoms with E-state index in [2.05, 4.69) is 0 Å². The zero-order chi connectivity index (χ0) is 15.0. The molecule has 2 aromatic carbocycles. The number of fused-ring (bicyclic) bond motifs is 1. The summed E-state index contributed by atoms with van der Waals surface area (Å²) in [6, 6.07) is 10.7. The van der Waals surface area contributed by atoms with Gasteiger partial charge < -0.3 is 9.84 Å². The van der Waals surface area contributed by atoms with Crippen molar-refractivity contribution in [1.82, 2.24) is 0 Å². The first-order valence-electron chi connectivity index (χ1n) is 6.29. The van der Waals surface area contributed by atoms with Crippen molar-refractivity contribution in [2.45, 2.75) is 6.10 Å². The minimum absolute atomic E-state index is 0.0821. The summed E-state index contributed by atoms with van der Waals surface area (Å²) in [6.07, 6.45) is -1.11. The van der Waals surface area contributed by atoms with E-state index < -0.39 is 11.9 Å². The molecule has 21 heavy (non-hydrogen) atoms. The second-order valence-corrected chi connectivity index (χ2v) is 5.71. The second-order valence-electron chi connectivity index (χ2n) is 4.60. The number of hydrogen-bond acceptors (Lipinski definition) is 3. The first-order valence-corrected chi connectivity index (χ1v) is 7.11. The SMILES string of the molecule is COc1cccc(C(O)c2cc3cc(F)ccc3s2)c1F. The van der Waals surface area contributed by atoms with Crippen LogP contribution in [0.3, 0.4) is 0 Å². The molecule has 0 bridgehead atoms. The fourth-order valence-electron chi connectivity index (χ4n) is 2.22. The lowest BCUT2D eigenvalue weighted by Crippen LogP contribution is -2.02. The molecule has 3 rings (SSSR count). The van der Waals surface area contributed by atoms with Crippen LogP contribution in [-0.2, 0) is 0 Å². The van der Waals surface area contributed by atoms with Gasteiger partial charge in [0.1, 0.15) is 11.9 Å². The zero-order valence-electron chi connectivity index (χ0n) is 11.1. The average Bonchev–Trinajstić information content (AvgIpc) is 2.89. The summed E-state index contributed by atoms with van der Waals surface area (Å²) < 4.78 is 33.1. The normalized spacial score (nSPS) is 12.6. The smallest absolute Gasteiger partial charge is 0.171 e. The van der Waals surface area contributed by atoms with Gasteiger partial charge in [-0.15, -0.1) is 11.3 Å². The summed E-state index contributed by atoms with van der Waals surface area (Å²) >= 11 is 1.31. The maximum absolute atomic E-state index is 14.2. The van der Waals surface area contributed by atoms with Crippen molar-refractivity contribution in [1.29, 1.82) is 0 Å². The van der Waals surface area contributed by atoms with E-state index in [0.717, 1.165) is 4.70 Å². The number of methoxy groups -OCH3 is 1. The number of halogens is 2. The van der Waals surface area contributed by atoms with Crippen LogP contribution in [0.4, 0.5) is 8.78 Å². The van der Waals surface area contributed by atoms with Crippen molar-refractivity contribution in [3.05, 3.63) is 64.5 Å². The molecule has 0 amide bonds. The zero-order valence-corrected chi connectivity index (χ0v) is 12.0. The molecule has 0 spiro atoms. The number of aliphatic hydroxyl groups is 1. The summed E-state index contributed by atoms with van der Waals surface area (Å²) in [5.41, 5.74) is 0.140. The molecule has 3 aromatic rings. The predicted molar refractivity (Wildman–Crippen MR) is 78.8 cm³/mol. The fourth-order valence-corrected chi connectivity index (χ4v) is 3.27. The topological polar surface area (TPSA) is 29.5 Å². The molecule has 0 aliphatic carbocycles. The van der Waals surface area contributed by atoms with Gasteiger partial charge in [-0.2, -0.15) is 0 Å². The molecule has 108 valence electrons. The van der Waals surface area contributed by atoms with Crippen LogP contribution in [0.25, 0.3) is 10.1 Å². The summed E-state index contributed by atoms with van der Waals surface area (Å²) in [5, 5.41) is 11.1. The van der Waals surface area contributed by atoms with E-state index in [1.807, 2.05) is 0 Å². The first kappa shape index (κ1) is 14.0. The van der Waals surface area contributed by atoms with Gasteiger partial charge in [-0.25, -0.2) is 8.78 Å². The quantitative estimate of drug-likeness (QED) is 0.783. The molecule has 1 heterocycles. The molecule has 1 atom stereocenters. The lowest BCUT2D eigenvalue weighted by atomic mass is 10.1. The molecule has 0 saturated carbocycles. The van der Waals surface area contributed by atoms with Crippen molar-refractivity contribution in [2.75, 3.05) is 7.11 Å². The second kappa shape index (κ2) is 5.42. The van der Waals surface area contributed by atoms with Crippen molar-refractivity contribution >= 4 is 21.4 Å². The first-order chi connectivity index (χ1) is 10.1. The molecule has 2 nitrogen and oxygen atoms in total. The molecule has 0 radical (unpaired) electrons. The molecule has 1 N–H and O–H groups in total. The maximum Gasteiger partial charge on any atom is 0.171 e. The molecule has 0 fully saturated rings. The summed E-state index contributed by atoms with van der Waals surface area (Å²) in [6.45, 7) is 0. The highest BCUT2D eigenvalue weighted by atomic mass is 32.1. The van der Waals surface area contributed by atoms with Crippen LogP contribution in [0.15, 0.2) is 42.5 Å². The average molecular weight is 306 g/mol. The van der Waals surface area contributed by atoms with Crippen LogP contribution >= 0.6 is 11.3 Å². The highest BCUT2D eigenvalue weighted by Crippen LogP contribution is 2.35.